The minimum absolute atomic E-state index is 0. The van der Waals surface area contributed by atoms with E-state index in [2.05, 4.69) is 86.3 Å². The summed E-state index contributed by atoms with van der Waals surface area (Å²) in [6.45, 7) is 8.98. The van der Waals surface area contributed by atoms with Crippen molar-refractivity contribution in [3.8, 4) is 11.1 Å². The van der Waals surface area contributed by atoms with Gasteiger partial charge in [-0.15, -0.1) is 0 Å². The fourth-order valence-electron chi connectivity index (χ4n) is 4.35. The van der Waals surface area contributed by atoms with Gasteiger partial charge in [-0.3, -0.25) is 0 Å². The molecule has 0 N–H and O–H groups in total. The average molecular weight is 522 g/mol. The van der Waals surface area contributed by atoms with Gasteiger partial charge in [0.15, 0.2) is 0 Å². The topological polar surface area (TPSA) is 0 Å². The van der Waals surface area contributed by atoms with E-state index in [0.717, 1.165) is 3.63 Å². The summed E-state index contributed by atoms with van der Waals surface area (Å²) in [5.74, 6) is 0. The van der Waals surface area contributed by atoms with Crippen LogP contribution in [0.3, 0.4) is 0 Å². The third-order valence-electron chi connectivity index (χ3n) is 5.56. The maximum Gasteiger partial charge on any atom is -1.00 e. The van der Waals surface area contributed by atoms with Crippen LogP contribution in [0.2, 0.25) is 6.55 Å². The summed E-state index contributed by atoms with van der Waals surface area (Å²) in [4.78, 5) is 0. The number of rotatable bonds is 5. The van der Waals surface area contributed by atoms with Crippen molar-refractivity contribution in [2.24, 2.45) is 0 Å². The second kappa shape index (κ2) is 12.9. The van der Waals surface area contributed by atoms with Crippen LogP contribution in [0.15, 0.2) is 75.6 Å². The van der Waals surface area contributed by atoms with Gasteiger partial charge in [-0.25, -0.2) is 0 Å². The summed E-state index contributed by atoms with van der Waals surface area (Å²) in [5.41, 5.74) is 7.66. The van der Waals surface area contributed by atoms with E-state index in [-0.39, 0.29) is 31.5 Å². The Labute approximate surface area is 198 Å². The first kappa shape index (κ1) is 26.4. The van der Waals surface area contributed by atoms with Gasteiger partial charge in [0.1, 0.15) is 0 Å². The van der Waals surface area contributed by atoms with Crippen molar-refractivity contribution in [2.75, 3.05) is 0 Å². The van der Waals surface area contributed by atoms with Crippen LogP contribution in [-0.4, -0.2) is 6.65 Å². The predicted octanol–water partition coefficient (Wildman–Crippen LogP) is 0.830. The van der Waals surface area contributed by atoms with Gasteiger partial charge in [0.2, 0.25) is 0 Å². The first-order valence-electron chi connectivity index (χ1n) is 10.4. The average Bonchev–Trinajstić information content (AvgIpc) is 3.39. The van der Waals surface area contributed by atoms with E-state index in [0.29, 0.717) is 0 Å². The molecule has 2 aliphatic carbocycles. The molecule has 0 nitrogen and oxygen atoms in total. The zero-order valence-corrected chi connectivity index (χ0v) is 23.3. The fraction of sp³-hybridized carbons (Fsp3) is 0.280. The van der Waals surface area contributed by atoms with Crippen LogP contribution in [0.4, 0.5) is 0 Å². The van der Waals surface area contributed by atoms with Gasteiger partial charge in [-0.05, 0) is 0 Å². The molecule has 0 radical (unpaired) electrons. The molecule has 29 heavy (non-hydrogen) atoms. The number of hydrogen-bond acceptors (Lipinski definition) is 0. The van der Waals surface area contributed by atoms with Crippen LogP contribution in [0.25, 0.3) is 17.2 Å². The van der Waals surface area contributed by atoms with Crippen molar-refractivity contribution < 1.29 is 45.7 Å². The third-order valence-corrected chi connectivity index (χ3v) is 23.4. The molecule has 0 spiro atoms. The van der Waals surface area contributed by atoms with E-state index >= 15 is 0 Å². The van der Waals surface area contributed by atoms with Crippen LogP contribution in [0, 0.1) is 0 Å². The predicted molar refractivity (Wildman–Crippen MR) is 120 cm³/mol. The van der Waals surface area contributed by atoms with Gasteiger partial charge in [0.05, 0.1) is 0 Å². The Morgan fingerprint density at radius 1 is 1.00 bits per heavy atom. The van der Waals surface area contributed by atoms with Crippen molar-refractivity contribution in [2.45, 2.75) is 43.8 Å². The quantitative estimate of drug-likeness (QED) is 0.512. The Bertz CT molecular complexity index is 872. The third kappa shape index (κ3) is 5.53. The molecule has 0 saturated heterocycles. The zero-order chi connectivity index (χ0) is 19.2. The monoisotopic (exact) mass is 519 g/mol. The molecule has 0 aliphatic heterocycles. The van der Waals surface area contributed by atoms with Gasteiger partial charge in [-0.1, -0.05) is 13.8 Å². The second-order valence-corrected chi connectivity index (χ2v) is 22.9. The number of fused-ring (bicyclic) bond motifs is 1. The summed E-state index contributed by atoms with van der Waals surface area (Å²) in [6, 6.07) is 17.9. The number of halogens is 2. The minimum Gasteiger partial charge on any atom is -1.00 e. The summed E-state index contributed by atoms with van der Waals surface area (Å²) >= 11 is -1.56. The molecule has 4 heteroatoms. The number of hydrogen-bond donors (Lipinski definition) is 0. The van der Waals surface area contributed by atoms with Crippen LogP contribution >= 0.6 is 0 Å². The Kier molecular flexibility index (Phi) is 11.7. The first-order valence-corrected chi connectivity index (χ1v) is 20.4. The molecule has 2 aliphatic rings. The molecule has 1 unspecified atom stereocenters. The van der Waals surface area contributed by atoms with E-state index < -0.39 is 20.9 Å². The molecule has 0 heterocycles. The van der Waals surface area contributed by atoms with Crippen LogP contribution in [-0.2, 0) is 20.9 Å². The smallest absolute Gasteiger partial charge is 1.00 e. The molecule has 1 atom stereocenters. The summed E-state index contributed by atoms with van der Waals surface area (Å²) in [5, 5.41) is 0. The van der Waals surface area contributed by atoms with E-state index in [1.54, 1.807) is 11.1 Å². The Balaban J connectivity index is 0.00000102. The summed E-state index contributed by atoms with van der Waals surface area (Å²) in [6.07, 6.45) is 12.1. The van der Waals surface area contributed by atoms with Crippen LogP contribution in [0.1, 0.15) is 48.4 Å². The molecular weight excluding hydrogens is 490 g/mol. The molecule has 0 fully saturated rings. The standard InChI is InChI=1S/C17H15.C5H5.C2H6.CH5Si.2ClH.Zr/c1-2-13-11-15-9-6-10-16(17(15)12-13)14-7-4-3-5-8-14;1-2-4-5-3-1;2*1-2;;;/h3-12H,2H2,1H3;1-3H,4H2;1-2H3;2H2,1H3;2*1H;/q;;;;;;+2/p-2. The first-order chi connectivity index (χ1) is 13.3. The summed E-state index contributed by atoms with van der Waals surface area (Å²) < 4.78 is 2.66. The Morgan fingerprint density at radius 2 is 1.72 bits per heavy atom. The molecule has 4 rings (SSSR count). The number of allylic oxidation sites excluding steroid dienone is 5. The van der Waals surface area contributed by atoms with E-state index in [4.69, 9.17) is 0 Å². The van der Waals surface area contributed by atoms with Crippen molar-refractivity contribution in [1.29, 1.82) is 0 Å². The van der Waals surface area contributed by atoms with Gasteiger partial charge in [0.25, 0.3) is 0 Å². The summed E-state index contributed by atoms with van der Waals surface area (Å²) in [7, 11) is 0. The molecule has 0 saturated carbocycles. The van der Waals surface area contributed by atoms with Gasteiger partial charge in [0, 0.05) is 0 Å². The molecule has 0 aromatic heterocycles. The molecular formula is C25H31Cl2SiZr. The fourth-order valence-corrected chi connectivity index (χ4v) is 21.9. The SMILES string of the molecule is CC.CCC1=Cc2c(-c3ccccc3)cccc2[CH]1[Zr+2]([SiH2]C)[C]1=CC=CC1.[Cl-].[Cl-]. The van der Waals surface area contributed by atoms with E-state index in [1.165, 1.54) is 29.5 Å². The maximum absolute atomic E-state index is 2.57. The van der Waals surface area contributed by atoms with Gasteiger partial charge < -0.3 is 24.8 Å². The maximum atomic E-state index is 2.57. The van der Waals surface area contributed by atoms with E-state index in [9.17, 15) is 0 Å². The van der Waals surface area contributed by atoms with Crippen molar-refractivity contribution in [1.82, 2.24) is 0 Å². The van der Waals surface area contributed by atoms with Crippen molar-refractivity contribution in [3.05, 3.63) is 86.7 Å². The normalized spacial score (nSPS) is 16.2. The second-order valence-electron chi connectivity index (χ2n) is 6.88. The Morgan fingerprint density at radius 3 is 2.31 bits per heavy atom. The molecule has 0 bridgehead atoms. The zero-order valence-electron chi connectivity index (χ0n) is 17.9. The van der Waals surface area contributed by atoms with E-state index in [1.807, 2.05) is 17.1 Å². The number of benzene rings is 2. The molecule has 2 aromatic rings. The largest absolute Gasteiger partial charge is 1.00 e. The Hall–Kier alpha value is -0.660. The molecule has 153 valence electrons. The van der Waals surface area contributed by atoms with Crippen LogP contribution in [0.5, 0.6) is 0 Å². The van der Waals surface area contributed by atoms with Crippen molar-refractivity contribution >= 4 is 12.7 Å². The van der Waals surface area contributed by atoms with Crippen molar-refractivity contribution in [3.63, 3.8) is 0 Å². The molecule has 2 aromatic carbocycles. The molecule has 0 amide bonds. The minimum atomic E-state index is -1.56. The van der Waals surface area contributed by atoms with Gasteiger partial charge in [-0.2, -0.15) is 0 Å². The van der Waals surface area contributed by atoms with Crippen LogP contribution < -0.4 is 24.8 Å². The van der Waals surface area contributed by atoms with Gasteiger partial charge >= 0.3 is 161 Å².